The molecular weight excluding hydrogens is 170 g/mol. The van der Waals surface area contributed by atoms with Gasteiger partial charge >= 0.3 is 0 Å². The second kappa shape index (κ2) is 3.84. The third-order valence-electron chi connectivity index (χ3n) is 5.02. The summed E-state index contributed by atoms with van der Waals surface area (Å²) >= 11 is 0. The lowest BCUT2D eigenvalue weighted by Crippen LogP contribution is -2.44. The van der Waals surface area contributed by atoms with E-state index < -0.39 is 0 Å². The van der Waals surface area contributed by atoms with Crippen LogP contribution in [-0.2, 0) is 0 Å². The molecule has 1 saturated heterocycles. The van der Waals surface area contributed by atoms with Crippen LogP contribution in [0.3, 0.4) is 0 Å². The smallest absolute Gasteiger partial charge is 0.0167 e. The summed E-state index contributed by atoms with van der Waals surface area (Å²) in [7, 11) is 0. The van der Waals surface area contributed by atoms with Crippen LogP contribution < -0.4 is 5.32 Å². The Kier molecular flexibility index (Phi) is 2.53. The molecule has 0 amide bonds. The van der Waals surface area contributed by atoms with Crippen LogP contribution in [0.4, 0.5) is 0 Å². The van der Waals surface area contributed by atoms with Gasteiger partial charge in [-0.15, -0.1) is 0 Å². The highest BCUT2D eigenvalue weighted by molar-refractivity contribution is 4.91. The molecule has 2 saturated carbocycles. The Bertz CT molecular complexity index is 171. The van der Waals surface area contributed by atoms with Gasteiger partial charge in [0.25, 0.3) is 0 Å². The molecule has 0 aromatic rings. The SMILES string of the molecule is C1CC(C2CC[N]CC2C2CCC2)C1. The van der Waals surface area contributed by atoms with Gasteiger partial charge in [0.1, 0.15) is 0 Å². The van der Waals surface area contributed by atoms with Crippen molar-refractivity contribution in [2.75, 3.05) is 13.1 Å². The highest BCUT2D eigenvalue weighted by atomic mass is 14.9. The van der Waals surface area contributed by atoms with Crippen LogP contribution in [0.15, 0.2) is 0 Å². The Morgan fingerprint density at radius 2 is 1.36 bits per heavy atom. The van der Waals surface area contributed by atoms with E-state index in [9.17, 15) is 0 Å². The van der Waals surface area contributed by atoms with Crippen molar-refractivity contribution in [1.29, 1.82) is 0 Å². The van der Waals surface area contributed by atoms with Gasteiger partial charge in [0.15, 0.2) is 0 Å². The summed E-state index contributed by atoms with van der Waals surface area (Å²) in [5, 5.41) is 4.65. The molecule has 0 bridgehead atoms. The lowest BCUT2D eigenvalue weighted by Gasteiger charge is -2.46. The van der Waals surface area contributed by atoms with E-state index in [1.165, 1.54) is 58.0 Å². The van der Waals surface area contributed by atoms with Crippen molar-refractivity contribution < 1.29 is 0 Å². The number of nitrogens with zero attached hydrogens (tertiary/aromatic N) is 1. The zero-order valence-corrected chi connectivity index (χ0v) is 9.12. The molecule has 2 aliphatic carbocycles. The first-order valence-electron chi connectivity index (χ1n) is 6.58. The van der Waals surface area contributed by atoms with E-state index in [-0.39, 0.29) is 0 Å². The summed E-state index contributed by atoms with van der Waals surface area (Å²) in [6.45, 7) is 2.39. The molecule has 14 heavy (non-hydrogen) atoms. The Labute approximate surface area is 87.7 Å². The lowest BCUT2D eigenvalue weighted by molar-refractivity contribution is 0.0445. The van der Waals surface area contributed by atoms with Crippen LogP contribution in [0.5, 0.6) is 0 Å². The molecule has 0 aromatic carbocycles. The van der Waals surface area contributed by atoms with Crippen molar-refractivity contribution in [2.24, 2.45) is 23.7 Å². The van der Waals surface area contributed by atoms with Gasteiger partial charge in [-0.25, -0.2) is 5.32 Å². The molecule has 1 nitrogen and oxygen atoms in total. The average Bonchev–Trinajstić information content (AvgIpc) is 2.01. The van der Waals surface area contributed by atoms with Crippen LogP contribution >= 0.6 is 0 Å². The summed E-state index contributed by atoms with van der Waals surface area (Å²) < 4.78 is 0. The normalized spacial score (nSPS) is 40.3. The third kappa shape index (κ3) is 1.50. The molecule has 2 unspecified atom stereocenters. The maximum Gasteiger partial charge on any atom is 0.0167 e. The second-order valence-corrected chi connectivity index (χ2v) is 5.63. The Hall–Kier alpha value is -0.0400. The van der Waals surface area contributed by atoms with Crippen molar-refractivity contribution in [3.05, 3.63) is 0 Å². The summed E-state index contributed by atoms with van der Waals surface area (Å²) in [5.41, 5.74) is 0. The van der Waals surface area contributed by atoms with Gasteiger partial charge in [0.2, 0.25) is 0 Å². The Morgan fingerprint density at radius 1 is 0.714 bits per heavy atom. The molecule has 0 spiro atoms. The van der Waals surface area contributed by atoms with Gasteiger partial charge in [0.05, 0.1) is 0 Å². The fraction of sp³-hybridized carbons (Fsp3) is 1.00. The molecule has 1 aliphatic heterocycles. The van der Waals surface area contributed by atoms with Crippen LogP contribution in [0.2, 0.25) is 0 Å². The molecule has 1 heterocycles. The predicted octanol–water partition coefficient (Wildman–Crippen LogP) is 2.83. The quantitative estimate of drug-likeness (QED) is 0.639. The van der Waals surface area contributed by atoms with Crippen molar-refractivity contribution in [2.45, 2.75) is 44.9 Å². The number of rotatable bonds is 2. The Morgan fingerprint density at radius 3 is 1.93 bits per heavy atom. The van der Waals surface area contributed by atoms with Crippen molar-refractivity contribution in [1.82, 2.24) is 5.32 Å². The monoisotopic (exact) mass is 192 g/mol. The number of hydrogen-bond donors (Lipinski definition) is 0. The minimum absolute atomic E-state index is 1.00. The molecule has 0 aromatic heterocycles. The molecule has 1 heteroatoms. The molecule has 2 atom stereocenters. The molecule has 79 valence electrons. The van der Waals surface area contributed by atoms with Gasteiger partial charge in [-0.1, -0.05) is 38.5 Å². The Balaban J connectivity index is 1.64. The first-order valence-corrected chi connectivity index (χ1v) is 6.58. The highest BCUT2D eigenvalue weighted by Gasteiger charge is 2.40. The minimum Gasteiger partial charge on any atom is -0.241 e. The fourth-order valence-corrected chi connectivity index (χ4v) is 3.65. The molecular formula is C13H22N. The van der Waals surface area contributed by atoms with E-state index >= 15 is 0 Å². The summed E-state index contributed by atoms with van der Waals surface area (Å²) in [5.74, 6) is 4.26. The molecule has 3 fully saturated rings. The van der Waals surface area contributed by atoms with E-state index in [2.05, 4.69) is 5.32 Å². The standard InChI is InChI=1S/C13H22N/c1-3-10(4-1)12-7-8-14-9-13(12)11-5-2-6-11/h10-13H,1-9H2. The number of hydrogen-bond acceptors (Lipinski definition) is 0. The summed E-state index contributed by atoms with van der Waals surface area (Å²) in [6.07, 6.45) is 10.5. The molecule has 3 aliphatic rings. The molecule has 1 radical (unpaired) electrons. The first-order chi connectivity index (χ1) is 6.95. The lowest BCUT2D eigenvalue weighted by atomic mass is 9.61. The van der Waals surface area contributed by atoms with E-state index in [1.807, 2.05) is 0 Å². The number of piperidine rings is 1. The highest BCUT2D eigenvalue weighted by Crippen LogP contribution is 2.47. The zero-order chi connectivity index (χ0) is 9.38. The van der Waals surface area contributed by atoms with Gasteiger partial charge < -0.3 is 0 Å². The van der Waals surface area contributed by atoms with Gasteiger partial charge in [-0.05, 0) is 30.1 Å². The van der Waals surface area contributed by atoms with Crippen molar-refractivity contribution in [3.8, 4) is 0 Å². The van der Waals surface area contributed by atoms with E-state index in [1.54, 1.807) is 0 Å². The minimum atomic E-state index is 1.00. The maximum atomic E-state index is 4.65. The second-order valence-electron chi connectivity index (χ2n) is 5.63. The largest absolute Gasteiger partial charge is 0.241 e. The van der Waals surface area contributed by atoms with Gasteiger partial charge in [-0.3, -0.25) is 0 Å². The van der Waals surface area contributed by atoms with Crippen molar-refractivity contribution in [3.63, 3.8) is 0 Å². The van der Waals surface area contributed by atoms with Crippen LogP contribution in [-0.4, -0.2) is 13.1 Å². The average molecular weight is 192 g/mol. The van der Waals surface area contributed by atoms with Gasteiger partial charge in [0, 0.05) is 13.1 Å². The van der Waals surface area contributed by atoms with Crippen LogP contribution in [0.1, 0.15) is 44.9 Å². The topological polar surface area (TPSA) is 14.1 Å². The van der Waals surface area contributed by atoms with E-state index in [0.29, 0.717) is 0 Å². The van der Waals surface area contributed by atoms with Gasteiger partial charge in [-0.2, -0.15) is 0 Å². The zero-order valence-electron chi connectivity index (χ0n) is 9.12. The third-order valence-corrected chi connectivity index (χ3v) is 5.02. The first kappa shape index (κ1) is 9.21. The van der Waals surface area contributed by atoms with E-state index in [0.717, 1.165) is 23.7 Å². The van der Waals surface area contributed by atoms with Crippen LogP contribution in [0.25, 0.3) is 0 Å². The summed E-state index contributed by atoms with van der Waals surface area (Å²) in [6, 6.07) is 0. The van der Waals surface area contributed by atoms with Crippen LogP contribution in [0, 0.1) is 23.7 Å². The summed E-state index contributed by atoms with van der Waals surface area (Å²) in [4.78, 5) is 0. The van der Waals surface area contributed by atoms with Crippen molar-refractivity contribution >= 4 is 0 Å². The molecule has 0 N–H and O–H groups in total. The molecule has 3 rings (SSSR count). The fourth-order valence-electron chi connectivity index (χ4n) is 3.65. The van der Waals surface area contributed by atoms with E-state index in [4.69, 9.17) is 0 Å². The maximum absolute atomic E-state index is 4.65. The predicted molar refractivity (Wildman–Crippen MR) is 58.1 cm³/mol.